The lowest BCUT2D eigenvalue weighted by Gasteiger charge is -2.30. The van der Waals surface area contributed by atoms with Crippen molar-refractivity contribution in [3.05, 3.63) is 42.2 Å². The van der Waals surface area contributed by atoms with Gasteiger partial charge in [-0.2, -0.15) is 5.10 Å². The van der Waals surface area contributed by atoms with Crippen molar-refractivity contribution in [2.24, 2.45) is 5.92 Å². The highest BCUT2D eigenvalue weighted by atomic mass is 16.5. The fraction of sp³-hybridized carbons (Fsp3) is 0.474. The van der Waals surface area contributed by atoms with Gasteiger partial charge in [0, 0.05) is 13.1 Å². The fourth-order valence-electron chi connectivity index (χ4n) is 3.07. The first kappa shape index (κ1) is 17.5. The highest BCUT2D eigenvalue weighted by Gasteiger charge is 2.19. The van der Waals surface area contributed by atoms with Crippen molar-refractivity contribution in [1.29, 1.82) is 0 Å². The Hall–Kier alpha value is -2.34. The van der Waals surface area contributed by atoms with E-state index in [1.54, 1.807) is 18.0 Å². The molecule has 25 heavy (non-hydrogen) atoms. The molecule has 6 nitrogen and oxygen atoms in total. The molecular formula is C19H26N4O2. The van der Waals surface area contributed by atoms with Crippen molar-refractivity contribution in [1.82, 2.24) is 20.0 Å². The molecule has 3 rings (SSSR count). The smallest absolute Gasteiger partial charge is 0.275 e. The van der Waals surface area contributed by atoms with Crippen molar-refractivity contribution < 1.29 is 9.53 Å². The summed E-state index contributed by atoms with van der Waals surface area (Å²) in [6.07, 6.45) is 4.21. The third-order valence-corrected chi connectivity index (χ3v) is 4.73. The number of piperidine rings is 1. The number of benzene rings is 1. The van der Waals surface area contributed by atoms with Crippen molar-refractivity contribution >= 4 is 5.91 Å². The Morgan fingerprint density at radius 3 is 2.68 bits per heavy atom. The summed E-state index contributed by atoms with van der Waals surface area (Å²) in [5, 5.41) is 7.35. The largest absolute Gasteiger partial charge is 0.493 e. The summed E-state index contributed by atoms with van der Waals surface area (Å²) >= 11 is 0. The maximum atomic E-state index is 12.5. The molecule has 2 aromatic rings. The fourth-order valence-corrected chi connectivity index (χ4v) is 3.07. The minimum atomic E-state index is -0.197. The molecule has 134 valence electrons. The van der Waals surface area contributed by atoms with Crippen molar-refractivity contribution in [2.45, 2.75) is 19.8 Å². The first-order chi connectivity index (χ1) is 12.2. The van der Waals surface area contributed by atoms with Gasteiger partial charge in [0.15, 0.2) is 11.4 Å². The summed E-state index contributed by atoms with van der Waals surface area (Å²) < 4.78 is 6.99. The average Bonchev–Trinajstić information content (AvgIpc) is 3.08. The maximum Gasteiger partial charge on any atom is 0.275 e. The Labute approximate surface area is 148 Å². The van der Waals surface area contributed by atoms with Crippen molar-refractivity contribution in [3.8, 4) is 11.4 Å². The third kappa shape index (κ3) is 4.39. The highest BCUT2D eigenvalue weighted by Crippen LogP contribution is 2.19. The molecule has 1 aliphatic heterocycles. The Bertz CT molecular complexity index is 691. The van der Waals surface area contributed by atoms with Gasteiger partial charge in [0.05, 0.1) is 19.0 Å². The van der Waals surface area contributed by atoms with Gasteiger partial charge in [0.25, 0.3) is 5.91 Å². The van der Waals surface area contributed by atoms with E-state index in [0.717, 1.165) is 31.2 Å². The van der Waals surface area contributed by atoms with E-state index in [9.17, 15) is 4.79 Å². The van der Waals surface area contributed by atoms with Crippen LogP contribution in [-0.2, 0) is 0 Å². The van der Waals surface area contributed by atoms with Gasteiger partial charge in [0.2, 0.25) is 0 Å². The number of aromatic nitrogens is 2. The molecule has 1 aromatic carbocycles. The van der Waals surface area contributed by atoms with E-state index in [1.165, 1.54) is 12.8 Å². The summed E-state index contributed by atoms with van der Waals surface area (Å²) in [7, 11) is 1.55. The van der Waals surface area contributed by atoms with Gasteiger partial charge >= 0.3 is 0 Å². The topological polar surface area (TPSA) is 59.4 Å². The van der Waals surface area contributed by atoms with Gasteiger partial charge in [-0.15, -0.1) is 0 Å². The molecule has 1 aromatic heterocycles. The van der Waals surface area contributed by atoms with E-state index in [2.05, 4.69) is 22.2 Å². The van der Waals surface area contributed by atoms with E-state index in [1.807, 2.05) is 30.3 Å². The molecule has 0 radical (unpaired) electrons. The SMILES string of the molecule is COc1cn(-c2ccccc2)nc1C(=O)NCCN1CCC(C)CC1. The highest BCUT2D eigenvalue weighted by molar-refractivity contribution is 5.94. The number of methoxy groups -OCH3 is 1. The van der Waals surface area contributed by atoms with Crippen LogP contribution in [-0.4, -0.2) is 53.9 Å². The monoisotopic (exact) mass is 342 g/mol. The molecule has 0 spiro atoms. The predicted molar refractivity (Wildman–Crippen MR) is 97.3 cm³/mol. The van der Waals surface area contributed by atoms with E-state index >= 15 is 0 Å². The molecule has 2 heterocycles. The number of amides is 1. The molecule has 0 bridgehead atoms. The summed E-state index contributed by atoms with van der Waals surface area (Å²) in [5.41, 5.74) is 1.21. The van der Waals surface area contributed by atoms with Crippen LogP contribution in [0.5, 0.6) is 5.75 Å². The van der Waals surface area contributed by atoms with Gasteiger partial charge in [-0.05, 0) is 44.0 Å². The number of nitrogens with zero attached hydrogens (tertiary/aromatic N) is 3. The Kier molecular flexibility index (Phi) is 5.71. The second kappa shape index (κ2) is 8.16. The molecule has 6 heteroatoms. The molecule has 1 N–H and O–H groups in total. The van der Waals surface area contributed by atoms with Gasteiger partial charge in [-0.1, -0.05) is 25.1 Å². The van der Waals surface area contributed by atoms with E-state index in [-0.39, 0.29) is 5.91 Å². The van der Waals surface area contributed by atoms with Gasteiger partial charge in [-0.3, -0.25) is 4.79 Å². The summed E-state index contributed by atoms with van der Waals surface area (Å²) in [6.45, 7) is 6.02. The minimum absolute atomic E-state index is 0.197. The molecular weight excluding hydrogens is 316 g/mol. The van der Waals surface area contributed by atoms with Crippen molar-refractivity contribution in [3.63, 3.8) is 0 Å². The number of carbonyl (C=O) groups excluding carboxylic acids is 1. The lowest BCUT2D eigenvalue weighted by Crippen LogP contribution is -2.39. The zero-order valence-corrected chi connectivity index (χ0v) is 14.9. The van der Waals surface area contributed by atoms with Crippen LogP contribution in [0.15, 0.2) is 36.5 Å². The third-order valence-electron chi connectivity index (χ3n) is 4.73. The van der Waals surface area contributed by atoms with Crippen LogP contribution in [0.1, 0.15) is 30.3 Å². The minimum Gasteiger partial charge on any atom is -0.493 e. The standard InChI is InChI=1S/C19H26N4O2/c1-15-8-11-22(12-9-15)13-10-20-19(24)18-17(25-2)14-23(21-18)16-6-4-3-5-7-16/h3-7,14-15H,8-13H2,1-2H3,(H,20,24). The lowest BCUT2D eigenvalue weighted by molar-refractivity contribution is 0.0936. The van der Waals surface area contributed by atoms with Crippen LogP contribution in [0.4, 0.5) is 0 Å². The quantitative estimate of drug-likeness (QED) is 0.875. The maximum absolute atomic E-state index is 12.5. The number of para-hydroxylation sites is 1. The van der Waals surface area contributed by atoms with Gasteiger partial charge in [-0.25, -0.2) is 4.68 Å². The van der Waals surface area contributed by atoms with Crippen LogP contribution in [0.25, 0.3) is 5.69 Å². The number of hydrogen-bond acceptors (Lipinski definition) is 4. The van der Waals surface area contributed by atoms with E-state index in [4.69, 9.17) is 4.74 Å². The number of nitrogens with one attached hydrogen (secondary N) is 1. The average molecular weight is 342 g/mol. The normalized spacial score (nSPS) is 15.9. The molecule has 1 saturated heterocycles. The van der Waals surface area contributed by atoms with Crippen LogP contribution in [0, 0.1) is 5.92 Å². The molecule has 0 unspecified atom stereocenters. The molecule has 0 saturated carbocycles. The predicted octanol–water partition coefficient (Wildman–Crippen LogP) is 2.34. The van der Waals surface area contributed by atoms with Crippen LogP contribution in [0.3, 0.4) is 0 Å². The lowest BCUT2D eigenvalue weighted by atomic mass is 9.99. The van der Waals surface area contributed by atoms with E-state index < -0.39 is 0 Å². The Balaban J connectivity index is 1.59. The second-order valence-corrected chi connectivity index (χ2v) is 6.61. The van der Waals surface area contributed by atoms with Gasteiger partial charge in [0.1, 0.15) is 0 Å². The van der Waals surface area contributed by atoms with Crippen LogP contribution >= 0.6 is 0 Å². The van der Waals surface area contributed by atoms with Crippen molar-refractivity contribution in [2.75, 3.05) is 33.3 Å². The summed E-state index contributed by atoms with van der Waals surface area (Å²) in [6, 6.07) is 9.68. The molecule has 1 amide bonds. The molecule has 1 aliphatic rings. The van der Waals surface area contributed by atoms with Crippen LogP contribution < -0.4 is 10.1 Å². The Morgan fingerprint density at radius 1 is 1.28 bits per heavy atom. The first-order valence-corrected chi connectivity index (χ1v) is 8.87. The van der Waals surface area contributed by atoms with E-state index in [0.29, 0.717) is 18.0 Å². The number of rotatable bonds is 6. The zero-order valence-electron chi connectivity index (χ0n) is 14.9. The zero-order chi connectivity index (χ0) is 17.6. The van der Waals surface area contributed by atoms with Gasteiger partial charge < -0.3 is 15.0 Å². The first-order valence-electron chi connectivity index (χ1n) is 8.87. The second-order valence-electron chi connectivity index (χ2n) is 6.61. The number of hydrogen-bond donors (Lipinski definition) is 1. The summed E-state index contributed by atoms with van der Waals surface area (Å²) in [5.74, 6) is 1.10. The molecule has 0 aliphatic carbocycles. The molecule has 1 fully saturated rings. The number of carbonyl (C=O) groups is 1. The number of likely N-dealkylation sites (tertiary alicyclic amines) is 1. The Morgan fingerprint density at radius 2 is 2.00 bits per heavy atom. The molecule has 0 atom stereocenters. The van der Waals surface area contributed by atoms with Crippen LogP contribution in [0.2, 0.25) is 0 Å². The summed E-state index contributed by atoms with van der Waals surface area (Å²) in [4.78, 5) is 14.9. The number of ether oxygens (including phenoxy) is 1.